The van der Waals surface area contributed by atoms with E-state index in [9.17, 15) is 0 Å². The highest BCUT2D eigenvalue weighted by molar-refractivity contribution is 9.10. The number of aromatic nitrogens is 1. The lowest BCUT2D eigenvalue weighted by Gasteiger charge is -2.14. The Morgan fingerprint density at radius 3 is 1.63 bits per heavy atom. The van der Waals surface area contributed by atoms with Crippen molar-refractivity contribution in [3.63, 3.8) is 0 Å². The van der Waals surface area contributed by atoms with Crippen LogP contribution in [0.2, 0.25) is 0 Å². The van der Waals surface area contributed by atoms with Crippen molar-refractivity contribution in [2.75, 3.05) is 0 Å². The minimum absolute atomic E-state index is 1.13. The summed E-state index contributed by atoms with van der Waals surface area (Å²) in [6, 6.07) is 30.0. The van der Waals surface area contributed by atoms with Crippen molar-refractivity contribution in [2.24, 2.45) is 0 Å². The minimum atomic E-state index is 1.13. The first kappa shape index (κ1) is 16.2. The van der Waals surface area contributed by atoms with E-state index in [2.05, 4.69) is 99.8 Å². The predicted molar refractivity (Wildman–Crippen MR) is 118 cm³/mol. The molecular formula is C25H16BrN. The number of rotatable bonds is 2. The van der Waals surface area contributed by atoms with Crippen LogP contribution in [0.15, 0.2) is 102 Å². The summed E-state index contributed by atoms with van der Waals surface area (Å²) in [7, 11) is 0. The Morgan fingerprint density at radius 1 is 0.519 bits per heavy atom. The van der Waals surface area contributed by atoms with Crippen molar-refractivity contribution < 1.29 is 0 Å². The van der Waals surface area contributed by atoms with E-state index < -0.39 is 0 Å². The molecule has 0 spiro atoms. The first-order chi connectivity index (χ1) is 13.3. The maximum absolute atomic E-state index is 4.23. The number of fused-ring (bicyclic) bond motifs is 2. The molecule has 0 fully saturated rings. The van der Waals surface area contributed by atoms with Gasteiger partial charge in [-0.3, -0.25) is 4.98 Å². The predicted octanol–water partition coefficient (Wildman–Crippen LogP) is 7.48. The lowest BCUT2D eigenvalue weighted by Crippen LogP contribution is -1.88. The number of pyridine rings is 1. The molecular weight excluding hydrogens is 394 g/mol. The molecule has 0 aliphatic carbocycles. The number of hydrogen-bond donors (Lipinski definition) is 0. The van der Waals surface area contributed by atoms with Gasteiger partial charge in [0, 0.05) is 16.9 Å². The van der Waals surface area contributed by atoms with Crippen molar-refractivity contribution in [3.05, 3.63) is 102 Å². The standard InChI is InChI=1S/C25H16BrN/c26-25-22-9-3-1-7-20(22)24(21-8-2-4-10-23(21)25)18-13-11-17(12-14-18)19-6-5-15-27-16-19/h1-16H. The van der Waals surface area contributed by atoms with E-state index in [4.69, 9.17) is 0 Å². The average Bonchev–Trinajstić information content (AvgIpc) is 2.75. The normalized spacial score (nSPS) is 11.1. The summed E-state index contributed by atoms with van der Waals surface area (Å²) >= 11 is 3.82. The summed E-state index contributed by atoms with van der Waals surface area (Å²) in [6.07, 6.45) is 3.71. The van der Waals surface area contributed by atoms with Gasteiger partial charge in [0.1, 0.15) is 0 Å². The number of benzene rings is 4. The zero-order valence-corrected chi connectivity index (χ0v) is 16.1. The summed E-state index contributed by atoms with van der Waals surface area (Å²) in [5.41, 5.74) is 4.82. The fourth-order valence-electron chi connectivity index (χ4n) is 3.75. The zero-order chi connectivity index (χ0) is 18.2. The van der Waals surface area contributed by atoms with Gasteiger partial charge in [0.15, 0.2) is 0 Å². The van der Waals surface area contributed by atoms with Crippen molar-refractivity contribution in [2.45, 2.75) is 0 Å². The fourth-order valence-corrected chi connectivity index (χ4v) is 4.44. The van der Waals surface area contributed by atoms with Crippen molar-refractivity contribution in [1.82, 2.24) is 4.98 Å². The second-order valence-electron chi connectivity index (χ2n) is 6.60. The van der Waals surface area contributed by atoms with Gasteiger partial charge in [-0.25, -0.2) is 0 Å². The van der Waals surface area contributed by atoms with Gasteiger partial charge in [-0.1, -0.05) is 78.9 Å². The van der Waals surface area contributed by atoms with Gasteiger partial charge in [-0.2, -0.15) is 0 Å². The zero-order valence-electron chi connectivity index (χ0n) is 14.6. The molecule has 0 aliphatic heterocycles. The van der Waals surface area contributed by atoms with Crippen LogP contribution in [0.25, 0.3) is 43.8 Å². The molecule has 0 amide bonds. The summed E-state index contributed by atoms with van der Waals surface area (Å²) in [5.74, 6) is 0. The van der Waals surface area contributed by atoms with Crippen LogP contribution >= 0.6 is 15.9 Å². The highest BCUT2D eigenvalue weighted by Crippen LogP contribution is 2.41. The van der Waals surface area contributed by atoms with Crippen LogP contribution in [0.4, 0.5) is 0 Å². The molecule has 0 N–H and O–H groups in total. The molecule has 27 heavy (non-hydrogen) atoms. The topological polar surface area (TPSA) is 12.9 Å². The highest BCUT2D eigenvalue weighted by Gasteiger charge is 2.13. The molecule has 5 rings (SSSR count). The molecule has 0 aliphatic rings. The van der Waals surface area contributed by atoms with Gasteiger partial charge in [0.2, 0.25) is 0 Å². The third-order valence-electron chi connectivity index (χ3n) is 5.03. The van der Waals surface area contributed by atoms with Gasteiger partial charge < -0.3 is 0 Å². The second kappa shape index (κ2) is 6.64. The van der Waals surface area contributed by atoms with Crippen molar-refractivity contribution >= 4 is 37.5 Å². The van der Waals surface area contributed by atoms with E-state index in [-0.39, 0.29) is 0 Å². The number of hydrogen-bond acceptors (Lipinski definition) is 1. The van der Waals surface area contributed by atoms with Gasteiger partial charge in [-0.15, -0.1) is 0 Å². The molecule has 1 heterocycles. The van der Waals surface area contributed by atoms with Gasteiger partial charge in [-0.05, 0) is 65.8 Å². The van der Waals surface area contributed by atoms with Gasteiger partial charge >= 0.3 is 0 Å². The maximum Gasteiger partial charge on any atom is 0.0346 e. The molecule has 1 nitrogen and oxygen atoms in total. The quantitative estimate of drug-likeness (QED) is 0.275. The lowest BCUT2D eigenvalue weighted by molar-refractivity contribution is 1.33. The Morgan fingerprint density at radius 2 is 1.07 bits per heavy atom. The van der Waals surface area contributed by atoms with E-state index in [1.165, 1.54) is 38.2 Å². The minimum Gasteiger partial charge on any atom is -0.264 e. The van der Waals surface area contributed by atoms with E-state index in [0.717, 1.165) is 10.0 Å². The van der Waals surface area contributed by atoms with Crippen LogP contribution in [-0.4, -0.2) is 4.98 Å². The second-order valence-corrected chi connectivity index (χ2v) is 7.39. The fraction of sp³-hybridized carbons (Fsp3) is 0. The SMILES string of the molecule is Brc1c2ccccc2c(-c2ccc(-c3cccnc3)cc2)c2ccccc12. The van der Waals surface area contributed by atoms with E-state index >= 15 is 0 Å². The molecule has 0 saturated carbocycles. The monoisotopic (exact) mass is 409 g/mol. The third kappa shape index (κ3) is 2.73. The Kier molecular flexibility index (Phi) is 3.99. The molecule has 4 aromatic carbocycles. The smallest absolute Gasteiger partial charge is 0.0346 e. The lowest BCUT2D eigenvalue weighted by atomic mass is 9.91. The molecule has 0 unspecified atom stereocenters. The molecule has 128 valence electrons. The van der Waals surface area contributed by atoms with Crippen LogP contribution in [-0.2, 0) is 0 Å². The molecule has 2 heteroatoms. The van der Waals surface area contributed by atoms with E-state index in [1.807, 2.05) is 12.3 Å². The highest BCUT2D eigenvalue weighted by atomic mass is 79.9. The van der Waals surface area contributed by atoms with Crippen LogP contribution in [0.5, 0.6) is 0 Å². The first-order valence-corrected chi connectivity index (χ1v) is 9.72. The average molecular weight is 410 g/mol. The van der Waals surface area contributed by atoms with Crippen LogP contribution < -0.4 is 0 Å². The molecule has 1 aromatic heterocycles. The maximum atomic E-state index is 4.23. The Bertz CT molecular complexity index is 1200. The van der Waals surface area contributed by atoms with Crippen LogP contribution in [0, 0.1) is 0 Å². The van der Waals surface area contributed by atoms with Crippen LogP contribution in [0.3, 0.4) is 0 Å². The number of halogens is 1. The summed E-state index contributed by atoms with van der Waals surface area (Å²) in [6.45, 7) is 0. The molecule has 0 bridgehead atoms. The van der Waals surface area contributed by atoms with Crippen molar-refractivity contribution in [3.8, 4) is 22.3 Å². The van der Waals surface area contributed by atoms with Gasteiger partial charge in [0.25, 0.3) is 0 Å². The van der Waals surface area contributed by atoms with Crippen LogP contribution in [0.1, 0.15) is 0 Å². The third-order valence-corrected chi connectivity index (χ3v) is 5.89. The van der Waals surface area contributed by atoms with Gasteiger partial charge in [0.05, 0.1) is 0 Å². The van der Waals surface area contributed by atoms with E-state index in [1.54, 1.807) is 6.20 Å². The Labute approximate surface area is 166 Å². The summed E-state index contributed by atoms with van der Waals surface area (Å²) in [5, 5.41) is 5.00. The molecule has 0 radical (unpaired) electrons. The Hall–Kier alpha value is -2.97. The Balaban J connectivity index is 1.78. The first-order valence-electron chi connectivity index (χ1n) is 8.93. The van der Waals surface area contributed by atoms with E-state index in [0.29, 0.717) is 0 Å². The molecule has 5 aromatic rings. The largest absolute Gasteiger partial charge is 0.264 e. The summed E-state index contributed by atoms with van der Waals surface area (Å²) in [4.78, 5) is 4.23. The molecule has 0 atom stereocenters. The molecule has 0 saturated heterocycles. The summed E-state index contributed by atoms with van der Waals surface area (Å²) < 4.78 is 1.16. The van der Waals surface area contributed by atoms with Crippen molar-refractivity contribution in [1.29, 1.82) is 0 Å². The number of nitrogens with zero attached hydrogens (tertiary/aromatic N) is 1.